The number of benzene rings is 1. The van der Waals surface area contributed by atoms with Gasteiger partial charge in [-0.3, -0.25) is 14.5 Å². The highest BCUT2D eigenvalue weighted by atomic mass is 32.2. The molecule has 4 heterocycles. The van der Waals surface area contributed by atoms with Crippen molar-refractivity contribution in [1.82, 2.24) is 14.2 Å². The number of fused-ring (bicyclic) bond motifs is 1. The number of piperazine rings is 1. The first kappa shape index (κ1) is 22.8. The molecule has 0 bridgehead atoms. The van der Waals surface area contributed by atoms with Gasteiger partial charge in [0.15, 0.2) is 0 Å². The number of amides is 2. The molecule has 180 valence electrons. The molecule has 34 heavy (non-hydrogen) atoms. The van der Waals surface area contributed by atoms with E-state index in [2.05, 4.69) is 9.88 Å². The molecule has 10 heteroatoms. The van der Waals surface area contributed by atoms with E-state index in [0.29, 0.717) is 51.4 Å². The largest absolute Gasteiger partial charge is 0.353 e. The van der Waals surface area contributed by atoms with Crippen molar-refractivity contribution in [3.05, 3.63) is 48.2 Å². The number of nitrogens with zero attached hydrogens (tertiary/aromatic N) is 5. The zero-order chi connectivity index (χ0) is 23.9. The molecule has 0 radical (unpaired) electrons. The fourth-order valence-electron chi connectivity index (χ4n) is 5.16. The third-order valence-electron chi connectivity index (χ3n) is 6.93. The summed E-state index contributed by atoms with van der Waals surface area (Å²) in [6, 6.07) is 9.99. The summed E-state index contributed by atoms with van der Waals surface area (Å²) in [5, 5.41) is 0. The van der Waals surface area contributed by atoms with Crippen LogP contribution in [0.4, 0.5) is 11.5 Å². The van der Waals surface area contributed by atoms with Gasteiger partial charge in [0.05, 0.1) is 4.90 Å². The Hall–Kier alpha value is -2.98. The van der Waals surface area contributed by atoms with E-state index in [1.165, 1.54) is 16.1 Å². The fraction of sp³-hybridized carbons (Fsp3) is 0.458. The second-order valence-corrected chi connectivity index (χ2v) is 10.9. The number of hydrogen-bond acceptors (Lipinski definition) is 6. The third-order valence-corrected chi connectivity index (χ3v) is 8.82. The van der Waals surface area contributed by atoms with Crippen molar-refractivity contribution in [2.75, 3.05) is 49.1 Å². The number of pyridine rings is 1. The minimum absolute atomic E-state index is 0.101. The maximum atomic E-state index is 13.5. The van der Waals surface area contributed by atoms with Gasteiger partial charge >= 0.3 is 0 Å². The van der Waals surface area contributed by atoms with Crippen LogP contribution in [0.25, 0.3) is 0 Å². The Morgan fingerprint density at radius 3 is 2.35 bits per heavy atom. The van der Waals surface area contributed by atoms with E-state index in [-0.39, 0.29) is 16.7 Å². The van der Waals surface area contributed by atoms with Gasteiger partial charge in [-0.15, -0.1) is 0 Å². The van der Waals surface area contributed by atoms with Gasteiger partial charge in [0.2, 0.25) is 21.8 Å². The summed E-state index contributed by atoms with van der Waals surface area (Å²) in [5.41, 5.74) is 1.35. The Balaban J connectivity index is 1.33. The maximum Gasteiger partial charge on any atom is 0.246 e. The SMILES string of the molecule is CC(=O)N1c2ccc(S(=O)(=O)N3CCCC3)cc2C[C@H]1C(=O)N1CCN(c2ccccn2)CC1. The van der Waals surface area contributed by atoms with Crippen molar-refractivity contribution in [2.24, 2.45) is 0 Å². The number of sulfonamides is 1. The molecule has 3 aliphatic rings. The van der Waals surface area contributed by atoms with Crippen molar-refractivity contribution in [3.63, 3.8) is 0 Å². The smallest absolute Gasteiger partial charge is 0.246 e. The molecule has 0 spiro atoms. The number of rotatable bonds is 4. The summed E-state index contributed by atoms with van der Waals surface area (Å²) < 4.78 is 27.6. The van der Waals surface area contributed by atoms with Gasteiger partial charge < -0.3 is 9.80 Å². The number of hydrogen-bond donors (Lipinski definition) is 0. The first-order valence-corrected chi connectivity index (χ1v) is 13.2. The zero-order valence-electron chi connectivity index (χ0n) is 19.3. The minimum atomic E-state index is -3.57. The molecule has 5 rings (SSSR count). The average molecular weight is 484 g/mol. The number of carbonyl (C=O) groups is 2. The Bertz CT molecular complexity index is 1190. The Kier molecular flexibility index (Phi) is 6.03. The van der Waals surface area contributed by atoms with E-state index in [4.69, 9.17) is 0 Å². The predicted octanol–water partition coefficient (Wildman–Crippen LogP) is 1.49. The molecule has 2 saturated heterocycles. The molecule has 1 aromatic carbocycles. The molecule has 3 aliphatic heterocycles. The first-order valence-electron chi connectivity index (χ1n) is 11.7. The molecule has 0 unspecified atom stereocenters. The lowest BCUT2D eigenvalue weighted by atomic mass is 10.1. The topological polar surface area (TPSA) is 94.1 Å². The van der Waals surface area contributed by atoms with Gasteiger partial charge in [0.1, 0.15) is 11.9 Å². The molecule has 0 aliphatic carbocycles. The van der Waals surface area contributed by atoms with Gasteiger partial charge in [-0.25, -0.2) is 13.4 Å². The van der Waals surface area contributed by atoms with E-state index < -0.39 is 16.1 Å². The second kappa shape index (κ2) is 8.99. The van der Waals surface area contributed by atoms with Crippen molar-refractivity contribution in [1.29, 1.82) is 0 Å². The second-order valence-electron chi connectivity index (χ2n) is 9.01. The Labute approximate surface area is 200 Å². The summed E-state index contributed by atoms with van der Waals surface area (Å²) in [6.45, 7) is 4.94. The molecule has 2 aromatic rings. The number of aromatic nitrogens is 1. The van der Waals surface area contributed by atoms with Crippen molar-refractivity contribution < 1.29 is 18.0 Å². The third kappa shape index (κ3) is 4.05. The lowest BCUT2D eigenvalue weighted by molar-refractivity contribution is -0.134. The average Bonchev–Trinajstić information content (AvgIpc) is 3.52. The molecule has 1 atom stereocenters. The van der Waals surface area contributed by atoms with Gasteiger partial charge in [0.25, 0.3) is 0 Å². The van der Waals surface area contributed by atoms with Crippen molar-refractivity contribution in [2.45, 2.75) is 37.1 Å². The fourth-order valence-corrected chi connectivity index (χ4v) is 6.73. The molecule has 9 nitrogen and oxygen atoms in total. The molecule has 0 N–H and O–H groups in total. The van der Waals surface area contributed by atoms with Gasteiger partial charge in [-0.2, -0.15) is 4.31 Å². The molecular formula is C24H29N5O4S. The Morgan fingerprint density at radius 2 is 1.71 bits per heavy atom. The quantitative estimate of drug-likeness (QED) is 0.654. The summed E-state index contributed by atoms with van der Waals surface area (Å²) in [7, 11) is -3.57. The standard InChI is InChI=1S/C24H29N5O4S/c1-18(30)29-21-8-7-20(34(32,33)28-10-4-5-11-28)16-19(21)17-22(29)24(31)27-14-12-26(13-15-27)23-6-2-3-9-25-23/h2-3,6-9,16,22H,4-5,10-15,17H2,1H3/t22-/m0/s1. The molecular weight excluding hydrogens is 454 g/mol. The first-order chi connectivity index (χ1) is 16.4. The van der Waals surface area contributed by atoms with Crippen LogP contribution in [0.15, 0.2) is 47.5 Å². The van der Waals surface area contributed by atoms with Crippen LogP contribution in [-0.4, -0.2) is 79.7 Å². The van der Waals surface area contributed by atoms with Crippen molar-refractivity contribution in [3.8, 4) is 0 Å². The van der Waals surface area contributed by atoms with Crippen LogP contribution in [-0.2, 0) is 26.0 Å². The van der Waals surface area contributed by atoms with Crippen LogP contribution in [0, 0.1) is 0 Å². The van der Waals surface area contributed by atoms with E-state index in [0.717, 1.165) is 24.2 Å². The normalized spacial score (nSPS) is 21.1. The van der Waals surface area contributed by atoms with Crippen LogP contribution in [0.3, 0.4) is 0 Å². The van der Waals surface area contributed by atoms with Gasteiger partial charge in [0, 0.05) is 64.5 Å². The molecule has 2 amide bonds. The molecule has 1 aromatic heterocycles. The lowest BCUT2D eigenvalue weighted by Gasteiger charge is -2.37. The summed E-state index contributed by atoms with van der Waals surface area (Å²) >= 11 is 0. The van der Waals surface area contributed by atoms with Crippen LogP contribution in [0.2, 0.25) is 0 Å². The van der Waals surface area contributed by atoms with Crippen LogP contribution in [0.5, 0.6) is 0 Å². The highest BCUT2D eigenvalue weighted by Gasteiger charge is 2.40. The summed E-state index contributed by atoms with van der Waals surface area (Å²) in [4.78, 5) is 36.1. The van der Waals surface area contributed by atoms with Crippen LogP contribution in [0.1, 0.15) is 25.3 Å². The minimum Gasteiger partial charge on any atom is -0.353 e. The summed E-state index contributed by atoms with van der Waals surface area (Å²) in [6.07, 6.45) is 3.81. The van der Waals surface area contributed by atoms with Crippen LogP contribution < -0.4 is 9.80 Å². The van der Waals surface area contributed by atoms with Crippen LogP contribution >= 0.6 is 0 Å². The van der Waals surface area contributed by atoms with Gasteiger partial charge in [-0.05, 0) is 48.7 Å². The highest BCUT2D eigenvalue weighted by Crippen LogP contribution is 2.36. The van der Waals surface area contributed by atoms with Gasteiger partial charge in [-0.1, -0.05) is 6.07 Å². The molecule has 2 fully saturated rings. The maximum absolute atomic E-state index is 13.5. The molecule has 0 saturated carbocycles. The van der Waals surface area contributed by atoms with E-state index in [9.17, 15) is 18.0 Å². The zero-order valence-corrected chi connectivity index (χ0v) is 20.1. The Morgan fingerprint density at radius 1 is 0.971 bits per heavy atom. The number of carbonyl (C=O) groups excluding carboxylic acids is 2. The van der Waals surface area contributed by atoms with E-state index in [1.807, 2.05) is 18.2 Å². The summed E-state index contributed by atoms with van der Waals surface area (Å²) in [5.74, 6) is 0.565. The van der Waals surface area contributed by atoms with Crippen molar-refractivity contribution >= 4 is 33.3 Å². The van der Waals surface area contributed by atoms with E-state index in [1.54, 1.807) is 29.3 Å². The number of anilines is 2. The monoisotopic (exact) mass is 483 g/mol. The highest BCUT2D eigenvalue weighted by molar-refractivity contribution is 7.89. The lowest BCUT2D eigenvalue weighted by Crippen LogP contribution is -2.55. The predicted molar refractivity (Wildman–Crippen MR) is 128 cm³/mol. The van der Waals surface area contributed by atoms with E-state index >= 15 is 0 Å².